The highest BCUT2D eigenvalue weighted by Crippen LogP contribution is 2.31. The van der Waals surface area contributed by atoms with Gasteiger partial charge < -0.3 is 9.42 Å². The summed E-state index contributed by atoms with van der Waals surface area (Å²) in [5.41, 5.74) is 0.456. The Kier molecular flexibility index (Phi) is 4.40. The van der Waals surface area contributed by atoms with Gasteiger partial charge in [-0.1, -0.05) is 12.1 Å². The van der Waals surface area contributed by atoms with Gasteiger partial charge >= 0.3 is 0 Å². The summed E-state index contributed by atoms with van der Waals surface area (Å²) in [5, 5.41) is 3.92. The van der Waals surface area contributed by atoms with Crippen LogP contribution in [-0.4, -0.2) is 41.7 Å². The van der Waals surface area contributed by atoms with Crippen LogP contribution in [-0.2, 0) is 9.84 Å². The third kappa shape index (κ3) is 3.06. The summed E-state index contributed by atoms with van der Waals surface area (Å²) < 4.78 is 28.7. The molecular formula is C16H19N3O4S. The number of aromatic nitrogens is 2. The van der Waals surface area contributed by atoms with Crippen molar-refractivity contribution in [1.82, 2.24) is 15.0 Å². The van der Waals surface area contributed by atoms with E-state index in [9.17, 15) is 13.2 Å². The molecule has 1 atom stereocenters. The van der Waals surface area contributed by atoms with Crippen molar-refractivity contribution < 1.29 is 17.7 Å². The van der Waals surface area contributed by atoms with Crippen LogP contribution < -0.4 is 0 Å². The molecule has 1 amide bonds. The lowest BCUT2D eigenvalue weighted by Gasteiger charge is -2.22. The number of nitrogens with zero attached hydrogens (tertiary/aromatic N) is 3. The molecule has 3 rings (SSSR count). The first-order chi connectivity index (χ1) is 11.4. The van der Waals surface area contributed by atoms with Crippen LogP contribution in [0.5, 0.6) is 0 Å². The molecule has 0 spiro atoms. The lowest BCUT2D eigenvalue weighted by Crippen LogP contribution is -2.31. The molecule has 1 fully saturated rings. The zero-order chi connectivity index (χ0) is 17.3. The Hall–Kier alpha value is -2.22. The second-order valence-corrected chi connectivity index (χ2v) is 8.03. The molecule has 0 saturated carbocycles. The summed E-state index contributed by atoms with van der Waals surface area (Å²) in [7, 11) is -3.27. The minimum absolute atomic E-state index is 0.0334. The van der Waals surface area contributed by atoms with Crippen molar-refractivity contribution in [3.63, 3.8) is 0 Å². The molecule has 8 heteroatoms. The quantitative estimate of drug-likeness (QED) is 0.839. The van der Waals surface area contributed by atoms with Crippen LogP contribution in [0, 0.1) is 6.92 Å². The van der Waals surface area contributed by atoms with Gasteiger partial charge in [-0.05, 0) is 37.1 Å². The summed E-state index contributed by atoms with van der Waals surface area (Å²) in [4.78, 5) is 18.9. The number of carbonyl (C=O) groups is 1. The van der Waals surface area contributed by atoms with E-state index in [-0.39, 0.29) is 22.6 Å². The Bertz CT molecular complexity index is 842. The van der Waals surface area contributed by atoms with E-state index in [0.717, 1.165) is 12.8 Å². The van der Waals surface area contributed by atoms with Crippen LogP contribution in [0.4, 0.5) is 0 Å². The third-order valence-corrected chi connectivity index (χ3v) is 5.95. The van der Waals surface area contributed by atoms with Crippen molar-refractivity contribution in [2.75, 3.05) is 12.3 Å². The lowest BCUT2D eigenvalue weighted by atomic mass is 10.1. The Morgan fingerprint density at radius 2 is 2.04 bits per heavy atom. The van der Waals surface area contributed by atoms with E-state index in [1.807, 2.05) is 0 Å². The highest BCUT2D eigenvalue weighted by Gasteiger charge is 2.33. The van der Waals surface area contributed by atoms with Crippen molar-refractivity contribution in [3.8, 4) is 0 Å². The van der Waals surface area contributed by atoms with Crippen molar-refractivity contribution in [3.05, 3.63) is 41.5 Å². The summed E-state index contributed by atoms with van der Waals surface area (Å²) in [6.45, 7) is 3.92. The Morgan fingerprint density at radius 3 is 2.62 bits per heavy atom. The minimum Gasteiger partial charge on any atom is -0.340 e. The maximum absolute atomic E-state index is 12.8. The fourth-order valence-corrected chi connectivity index (χ4v) is 3.75. The molecule has 1 aromatic heterocycles. The van der Waals surface area contributed by atoms with Crippen LogP contribution in [0.25, 0.3) is 0 Å². The third-order valence-electron chi connectivity index (χ3n) is 4.20. The van der Waals surface area contributed by atoms with Crippen molar-refractivity contribution in [2.24, 2.45) is 0 Å². The molecule has 0 bridgehead atoms. The molecule has 0 N–H and O–H groups in total. The second kappa shape index (κ2) is 6.35. The van der Waals surface area contributed by atoms with E-state index in [0.29, 0.717) is 23.8 Å². The van der Waals surface area contributed by atoms with Gasteiger partial charge in [-0.3, -0.25) is 4.79 Å². The summed E-state index contributed by atoms with van der Waals surface area (Å²) in [6, 6.07) is 5.88. The Labute approximate surface area is 140 Å². The molecule has 1 aliphatic rings. The normalized spacial score (nSPS) is 18.1. The van der Waals surface area contributed by atoms with Gasteiger partial charge in [0.15, 0.2) is 15.7 Å². The number of hydrogen-bond donors (Lipinski definition) is 0. The average molecular weight is 349 g/mol. The molecule has 1 aromatic carbocycles. The number of sulfone groups is 1. The molecule has 2 aromatic rings. The molecule has 1 aliphatic heterocycles. The van der Waals surface area contributed by atoms with Gasteiger partial charge in [-0.25, -0.2) is 8.42 Å². The van der Waals surface area contributed by atoms with E-state index in [1.165, 1.54) is 12.1 Å². The van der Waals surface area contributed by atoms with E-state index >= 15 is 0 Å². The van der Waals surface area contributed by atoms with E-state index in [1.54, 1.807) is 30.9 Å². The molecule has 1 saturated heterocycles. The fraction of sp³-hybridized carbons (Fsp3) is 0.438. The predicted molar refractivity (Wildman–Crippen MR) is 86.2 cm³/mol. The van der Waals surface area contributed by atoms with E-state index < -0.39 is 9.84 Å². The van der Waals surface area contributed by atoms with Gasteiger partial charge in [0.2, 0.25) is 5.89 Å². The monoisotopic (exact) mass is 349 g/mol. The fourth-order valence-electron chi connectivity index (χ4n) is 2.87. The van der Waals surface area contributed by atoms with Crippen molar-refractivity contribution in [2.45, 2.75) is 37.6 Å². The first-order valence-corrected chi connectivity index (χ1v) is 9.51. The van der Waals surface area contributed by atoms with Crippen LogP contribution in [0.3, 0.4) is 0 Å². The molecule has 0 unspecified atom stereocenters. The van der Waals surface area contributed by atoms with Crippen molar-refractivity contribution >= 4 is 15.7 Å². The largest absolute Gasteiger partial charge is 0.340 e. The highest BCUT2D eigenvalue weighted by molar-refractivity contribution is 7.91. The molecule has 7 nitrogen and oxygen atoms in total. The Morgan fingerprint density at radius 1 is 1.33 bits per heavy atom. The molecular weight excluding hydrogens is 330 g/mol. The number of carbonyl (C=O) groups excluding carboxylic acids is 1. The van der Waals surface area contributed by atoms with E-state index in [2.05, 4.69) is 10.1 Å². The van der Waals surface area contributed by atoms with Gasteiger partial charge in [0.05, 0.1) is 16.7 Å². The van der Waals surface area contributed by atoms with Crippen LogP contribution >= 0.6 is 0 Å². The summed E-state index contributed by atoms with van der Waals surface area (Å²) >= 11 is 0. The molecule has 2 heterocycles. The number of amides is 1. The van der Waals surface area contributed by atoms with Gasteiger partial charge in [-0.15, -0.1) is 0 Å². The maximum atomic E-state index is 12.8. The zero-order valence-electron chi connectivity index (χ0n) is 13.6. The zero-order valence-corrected chi connectivity index (χ0v) is 14.4. The molecule has 24 heavy (non-hydrogen) atoms. The van der Waals surface area contributed by atoms with E-state index in [4.69, 9.17) is 4.52 Å². The number of rotatable bonds is 4. The van der Waals surface area contributed by atoms with Gasteiger partial charge in [0, 0.05) is 19.0 Å². The minimum atomic E-state index is -3.27. The summed E-state index contributed by atoms with van der Waals surface area (Å²) in [5.74, 6) is 0.869. The SMILES string of the molecule is CCS(=O)(=O)c1ccc(C(=O)N2CCC[C@H]2c2noc(C)n2)cc1. The lowest BCUT2D eigenvalue weighted by molar-refractivity contribution is 0.0728. The molecule has 0 aliphatic carbocycles. The number of hydrogen-bond acceptors (Lipinski definition) is 6. The standard InChI is InChI=1S/C16H19N3O4S/c1-3-24(21,22)13-8-6-12(7-9-13)16(20)19-10-4-5-14(19)15-17-11(2)23-18-15/h6-9,14H,3-5,10H2,1-2H3/t14-/m0/s1. The molecule has 128 valence electrons. The van der Waals surface area contributed by atoms with Crippen LogP contribution in [0.15, 0.2) is 33.7 Å². The van der Waals surface area contributed by atoms with Crippen LogP contribution in [0.1, 0.15) is 47.9 Å². The maximum Gasteiger partial charge on any atom is 0.254 e. The topological polar surface area (TPSA) is 93.4 Å². The van der Waals surface area contributed by atoms with Crippen LogP contribution in [0.2, 0.25) is 0 Å². The smallest absolute Gasteiger partial charge is 0.254 e. The average Bonchev–Trinajstić information content (AvgIpc) is 3.23. The molecule has 0 radical (unpaired) electrons. The van der Waals surface area contributed by atoms with Gasteiger partial charge in [0.25, 0.3) is 5.91 Å². The van der Waals surface area contributed by atoms with Gasteiger partial charge in [0.1, 0.15) is 0 Å². The number of benzene rings is 1. The van der Waals surface area contributed by atoms with Gasteiger partial charge in [-0.2, -0.15) is 4.98 Å². The first-order valence-electron chi connectivity index (χ1n) is 7.86. The first kappa shape index (κ1) is 16.6. The predicted octanol–water partition coefficient (Wildman–Crippen LogP) is 2.15. The highest BCUT2D eigenvalue weighted by atomic mass is 32.2. The Balaban J connectivity index is 1.83. The summed E-state index contributed by atoms with van der Waals surface area (Å²) in [6.07, 6.45) is 1.65. The second-order valence-electron chi connectivity index (χ2n) is 5.76. The number of likely N-dealkylation sites (tertiary alicyclic amines) is 1. The number of aryl methyl sites for hydroxylation is 1. The van der Waals surface area contributed by atoms with Crippen molar-refractivity contribution in [1.29, 1.82) is 0 Å².